The van der Waals surface area contributed by atoms with Crippen molar-refractivity contribution in [2.45, 2.75) is 56.9 Å². The van der Waals surface area contributed by atoms with Crippen molar-refractivity contribution < 1.29 is 69.2 Å². The molecule has 11 nitrogen and oxygen atoms in total. The van der Waals surface area contributed by atoms with E-state index in [-0.39, 0.29) is 5.54 Å². The molecular weight excluding hydrogens is 705 g/mol. The van der Waals surface area contributed by atoms with Gasteiger partial charge >= 0.3 is 36.4 Å². The maximum absolute atomic E-state index is 10.6. The minimum absolute atomic E-state index is 0.0689. The van der Waals surface area contributed by atoms with Crippen LogP contribution in [0.2, 0.25) is 0 Å². The Morgan fingerprint density at radius 1 is 0.796 bits per heavy atom. The SMILES string of the molecule is CCN1CCn2c(-c3ccccc3)cnc2C12CCN(Cc1nccs1)CC2.O=C(O)C(F)(F)F.O=C(O)C(F)(F)F.O=C(O)C(F)(F)F. The first kappa shape index (κ1) is 40.9. The number of piperidine rings is 1. The Kier molecular flexibility index (Phi) is 14.1. The highest BCUT2D eigenvalue weighted by molar-refractivity contribution is 7.09. The number of benzene rings is 1. The lowest BCUT2D eigenvalue weighted by Gasteiger charge is -2.50. The number of rotatable bonds is 4. The van der Waals surface area contributed by atoms with E-state index in [2.05, 4.69) is 68.2 Å². The summed E-state index contributed by atoms with van der Waals surface area (Å²) in [5.74, 6) is -7.00. The van der Waals surface area contributed by atoms with E-state index < -0.39 is 36.4 Å². The number of carbonyl (C=O) groups is 3. The summed E-state index contributed by atoms with van der Waals surface area (Å²) in [6, 6.07) is 10.7. The third-order valence-corrected chi connectivity index (χ3v) is 7.94. The Morgan fingerprint density at radius 3 is 1.69 bits per heavy atom. The minimum atomic E-state index is -5.08. The predicted octanol–water partition coefficient (Wildman–Crippen LogP) is 5.73. The fourth-order valence-corrected chi connectivity index (χ4v) is 5.65. The summed E-state index contributed by atoms with van der Waals surface area (Å²) >= 11 is 1.76. The van der Waals surface area contributed by atoms with Crippen LogP contribution in [0.3, 0.4) is 0 Å². The van der Waals surface area contributed by atoms with Crippen molar-refractivity contribution in [3.05, 3.63) is 58.9 Å². The molecule has 1 saturated heterocycles. The molecule has 3 aromatic rings. The van der Waals surface area contributed by atoms with Gasteiger partial charge in [-0.3, -0.25) is 9.80 Å². The van der Waals surface area contributed by atoms with Gasteiger partial charge in [0.05, 0.1) is 24.0 Å². The molecule has 49 heavy (non-hydrogen) atoms. The molecule has 0 amide bonds. The van der Waals surface area contributed by atoms with Crippen LogP contribution in [-0.2, 0) is 33.0 Å². The molecule has 272 valence electrons. The number of nitrogens with zero attached hydrogens (tertiary/aromatic N) is 5. The van der Waals surface area contributed by atoms with Crippen LogP contribution < -0.4 is 0 Å². The van der Waals surface area contributed by atoms with Crippen molar-refractivity contribution in [3.8, 4) is 11.3 Å². The molecule has 2 aromatic heterocycles. The largest absolute Gasteiger partial charge is 0.490 e. The maximum Gasteiger partial charge on any atom is 0.490 e. The molecule has 1 aromatic carbocycles. The van der Waals surface area contributed by atoms with E-state index in [0.717, 1.165) is 52.1 Å². The molecule has 1 fully saturated rings. The molecule has 0 aliphatic carbocycles. The molecule has 0 atom stereocenters. The molecule has 0 unspecified atom stereocenters. The van der Waals surface area contributed by atoms with Crippen molar-refractivity contribution in [2.75, 3.05) is 26.2 Å². The Morgan fingerprint density at radius 2 is 1.29 bits per heavy atom. The van der Waals surface area contributed by atoms with Crippen LogP contribution in [0.25, 0.3) is 11.3 Å². The molecule has 1 spiro atoms. The summed E-state index contributed by atoms with van der Waals surface area (Å²) in [5, 5.41) is 24.7. The predicted molar refractivity (Wildman–Crippen MR) is 154 cm³/mol. The number of halogens is 9. The number of likely N-dealkylation sites (tertiary alicyclic amines) is 1. The van der Waals surface area contributed by atoms with Gasteiger partial charge < -0.3 is 19.9 Å². The Labute approximate surface area is 276 Å². The lowest BCUT2D eigenvalue weighted by molar-refractivity contribution is -0.193. The topological polar surface area (TPSA) is 149 Å². The van der Waals surface area contributed by atoms with E-state index in [1.807, 2.05) is 6.20 Å². The van der Waals surface area contributed by atoms with Gasteiger partial charge in [0.15, 0.2) is 0 Å². The zero-order chi connectivity index (χ0) is 37.2. The highest BCUT2D eigenvalue weighted by atomic mass is 32.1. The Bertz CT molecular complexity index is 1450. The summed E-state index contributed by atoms with van der Waals surface area (Å²) in [5.41, 5.74) is 2.60. The van der Waals surface area contributed by atoms with Crippen molar-refractivity contribution in [3.63, 3.8) is 0 Å². The molecule has 2 aliphatic heterocycles. The molecule has 0 radical (unpaired) electrons. The smallest absolute Gasteiger partial charge is 0.475 e. The number of fused-ring (bicyclic) bond motifs is 2. The van der Waals surface area contributed by atoms with Crippen LogP contribution >= 0.6 is 11.3 Å². The van der Waals surface area contributed by atoms with Gasteiger partial charge in [-0.15, -0.1) is 11.3 Å². The monoisotopic (exact) mass is 735 g/mol. The number of carboxylic acids is 3. The molecule has 5 rings (SSSR count). The minimum Gasteiger partial charge on any atom is -0.475 e. The third-order valence-electron chi connectivity index (χ3n) is 7.17. The highest BCUT2D eigenvalue weighted by Crippen LogP contribution is 2.42. The van der Waals surface area contributed by atoms with Crippen molar-refractivity contribution in [1.82, 2.24) is 24.3 Å². The van der Waals surface area contributed by atoms with Crippen LogP contribution in [0.4, 0.5) is 39.5 Å². The number of imidazole rings is 1. The van der Waals surface area contributed by atoms with E-state index in [9.17, 15) is 39.5 Å². The third kappa shape index (κ3) is 11.7. The fraction of sp³-hybridized carbons (Fsp3) is 0.464. The van der Waals surface area contributed by atoms with Gasteiger partial charge in [0, 0.05) is 37.8 Å². The van der Waals surface area contributed by atoms with Crippen molar-refractivity contribution >= 4 is 29.2 Å². The van der Waals surface area contributed by atoms with Gasteiger partial charge in [-0.05, 0) is 24.9 Å². The van der Waals surface area contributed by atoms with Crippen LogP contribution in [0.1, 0.15) is 30.6 Å². The first-order chi connectivity index (χ1) is 22.6. The lowest BCUT2D eigenvalue weighted by atomic mass is 9.83. The van der Waals surface area contributed by atoms with E-state index in [1.54, 1.807) is 11.3 Å². The second kappa shape index (κ2) is 16.9. The van der Waals surface area contributed by atoms with Crippen molar-refractivity contribution in [2.24, 2.45) is 0 Å². The molecule has 0 bridgehead atoms. The number of carboxylic acid groups (broad SMARTS) is 3. The highest BCUT2D eigenvalue weighted by Gasteiger charge is 2.46. The number of alkyl halides is 9. The molecule has 3 N–H and O–H groups in total. The quantitative estimate of drug-likeness (QED) is 0.284. The summed E-state index contributed by atoms with van der Waals surface area (Å²) in [6.45, 7) is 8.68. The summed E-state index contributed by atoms with van der Waals surface area (Å²) in [7, 11) is 0. The second-order valence-electron chi connectivity index (χ2n) is 10.2. The first-order valence-corrected chi connectivity index (χ1v) is 14.9. The molecular formula is C28H30F9N5O6S. The first-order valence-electron chi connectivity index (χ1n) is 14.0. The zero-order valence-corrected chi connectivity index (χ0v) is 26.2. The molecule has 21 heteroatoms. The number of thiazole rings is 1. The van der Waals surface area contributed by atoms with E-state index in [4.69, 9.17) is 34.7 Å². The number of likely N-dealkylation sites (N-methyl/N-ethyl adjacent to an activating group) is 1. The van der Waals surface area contributed by atoms with E-state index in [1.165, 1.54) is 22.1 Å². The van der Waals surface area contributed by atoms with Crippen LogP contribution in [-0.4, -0.2) is 102 Å². The van der Waals surface area contributed by atoms with Gasteiger partial charge in [-0.2, -0.15) is 39.5 Å². The van der Waals surface area contributed by atoms with E-state index >= 15 is 0 Å². The van der Waals surface area contributed by atoms with Crippen LogP contribution in [0.5, 0.6) is 0 Å². The fourth-order valence-electron chi connectivity index (χ4n) is 4.99. The number of hydrogen-bond acceptors (Lipinski definition) is 8. The average Bonchev–Trinajstić information content (AvgIpc) is 3.69. The zero-order valence-electron chi connectivity index (χ0n) is 25.4. The van der Waals surface area contributed by atoms with Gasteiger partial charge in [-0.1, -0.05) is 37.3 Å². The maximum atomic E-state index is 10.6. The molecule has 0 saturated carbocycles. The second-order valence-corrected chi connectivity index (χ2v) is 11.2. The van der Waals surface area contributed by atoms with Crippen LogP contribution in [0, 0.1) is 0 Å². The van der Waals surface area contributed by atoms with Gasteiger partial charge in [-0.25, -0.2) is 24.4 Å². The Balaban J connectivity index is 0.000000325. The summed E-state index contributed by atoms with van der Waals surface area (Å²) in [4.78, 5) is 41.4. The van der Waals surface area contributed by atoms with Gasteiger partial charge in [0.2, 0.25) is 0 Å². The summed E-state index contributed by atoms with van der Waals surface area (Å²) in [6.07, 6.45) is -8.98. The Hall–Kier alpha value is -4.24. The van der Waals surface area contributed by atoms with Crippen LogP contribution in [0.15, 0.2) is 48.1 Å². The standard InChI is InChI=1S/C22H27N5S.3C2HF3O2/c1-2-26-13-14-27-19(18-6-4-3-5-7-18)16-24-21(27)22(26)8-11-25(12-9-22)17-20-23-10-15-28-20;3*3-2(4,5)1(6)7/h3-7,10,15-16H,2,8-9,11-14,17H2,1H3;3*(H,6,7). The van der Waals surface area contributed by atoms with Crippen molar-refractivity contribution in [1.29, 1.82) is 0 Å². The van der Waals surface area contributed by atoms with Gasteiger partial charge in [0.25, 0.3) is 0 Å². The van der Waals surface area contributed by atoms with E-state index in [0.29, 0.717) is 0 Å². The number of hydrogen-bond donors (Lipinski definition) is 3. The lowest BCUT2D eigenvalue weighted by Crippen LogP contribution is -2.57. The summed E-state index contributed by atoms with van der Waals surface area (Å²) < 4.78 is 97.7. The van der Waals surface area contributed by atoms with Gasteiger partial charge in [0.1, 0.15) is 10.8 Å². The normalized spacial score (nSPS) is 16.1. The number of aliphatic carboxylic acids is 3. The molecule has 4 heterocycles. The number of aromatic nitrogens is 3. The average molecular weight is 736 g/mol. The molecule has 2 aliphatic rings.